The molecular weight excluding hydrogens is 354 g/mol. The van der Waals surface area contributed by atoms with Crippen LogP contribution in [0.4, 0.5) is 4.79 Å². The molecule has 0 radical (unpaired) electrons. The lowest BCUT2D eigenvalue weighted by molar-refractivity contribution is -0.139. The van der Waals surface area contributed by atoms with Crippen LogP contribution >= 0.6 is 0 Å². The fraction of sp³-hybridized carbons (Fsp3) is 0.389. The number of carbonyl (C=O) groups is 3. The van der Waals surface area contributed by atoms with Gasteiger partial charge < -0.3 is 31.0 Å². The van der Waals surface area contributed by atoms with Gasteiger partial charge in [0.2, 0.25) is 0 Å². The van der Waals surface area contributed by atoms with Crippen LogP contribution in [0.2, 0.25) is 0 Å². The Bertz CT molecular complexity index is 758. The normalized spacial score (nSPS) is 11.2. The number of rotatable bonds is 8. The van der Waals surface area contributed by atoms with Gasteiger partial charge in [-0.2, -0.15) is 0 Å². The maximum absolute atomic E-state index is 11.6. The van der Waals surface area contributed by atoms with E-state index in [1.165, 1.54) is 0 Å². The summed E-state index contributed by atoms with van der Waals surface area (Å²) in [5, 5.41) is 20.2. The molecule has 2 rings (SSSR count). The van der Waals surface area contributed by atoms with Crippen LogP contribution in [-0.4, -0.2) is 52.4 Å². The van der Waals surface area contributed by atoms with Crippen molar-refractivity contribution >= 4 is 28.9 Å². The van der Waals surface area contributed by atoms with Crippen molar-refractivity contribution in [2.45, 2.75) is 32.2 Å². The lowest BCUT2D eigenvalue weighted by Gasteiger charge is -2.14. The van der Waals surface area contributed by atoms with Gasteiger partial charge in [-0.1, -0.05) is 31.5 Å². The molecule has 1 heterocycles. The fourth-order valence-corrected chi connectivity index (χ4v) is 2.21. The molecule has 9 heteroatoms. The number of aromatic amines is 1. The average Bonchev–Trinajstić information content (AvgIpc) is 3.05. The van der Waals surface area contributed by atoms with Crippen LogP contribution in [0.25, 0.3) is 10.9 Å². The van der Waals surface area contributed by atoms with Crippen LogP contribution in [0.3, 0.4) is 0 Å². The van der Waals surface area contributed by atoms with Gasteiger partial charge in [0.05, 0.1) is 13.2 Å². The summed E-state index contributed by atoms with van der Waals surface area (Å²) in [5.74, 6) is -2.05. The first-order valence-electron chi connectivity index (χ1n) is 8.52. The number of aliphatic carboxylic acids is 2. The van der Waals surface area contributed by atoms with Crippen molar-refractivity contribution in [3.63, 3.8) is 0 Å². The Labute approximate surface area is 156 Å². The average molecular weight is 379 g/mol. The van der Waals surface area contributed by atoms with E-state index < -0.39 is 24.1 Å². The highest BCUT2D eigenvalue weighted by Crippen LogP contribution is 2.19. The molecule has 0 aliphatic rings. The molecule has 0 aliphatic carbocycles. The second-order valence-electron chi connectivity index (χ2n) is 5.69. The maximum Gasteiger partial charge on any atom is 0.407 e. The zero-order valence-electron chi connectivity index (χ0n) is 15.1. The number of carboxylic acids is 2. The molecule has 0 aliphatic heterocycles. The maximum atomic E-state index is 11.6. The molecule has 0 fully saturated rings. The van der Waals surface area contributed by atoms with Crippen molar-refractivity contribution in [3.8, 4) is 0 Å². The quantitative estimate of drug-likeness (QED) is 0.437. The van der Waals surface area contributed by atoms with E-state index in [2.05, 4.69) is 16.0 Å². The lowest BCUT2D eigenvalue weighted by atomic mass is 10.1. The molecule has 1 aromatic carbocycles. The second-order valence-corrected chi connectivity index (χ2v) is 5.69. The monoisotopic (exact) mass is 379 g/mol. The van der Waals surface area contributed by atoms with Gasteiger partial charge in [0, 0.05) is 23.5 Å². The van der Waals surface area contributed by atoms with Crippen molar-refractivity contribution in [2.75, 3.05) is 13.2 Å². The predicted octanol–water partition coefficient (Wildman–Crippen LogP) is 1.72. The molecule has 1 amide bonds. The smallest absolute Gasteiger partial charge is 0.407 e. The molecule has 9 nitrogen and oxygen atoms in total. The van der Waals surface area contributed by atoms with E-state index in [0.717, 1.165) is 29.3 Å². The third-order valence-electron chi connectivity index (χ3n) is 3.59. The minimum Gasteiger partial charge on any atom is -0.480 e. The molecule has 0 bridgehead atoms. The number of fused-ring (bicyclic) bond motifs is 1. The largest absolute Gasteiger partial charge is 0.480 e. The fourth-order valence-electron chi connectivity index (χ4n) is 2.21. The Hall–Kier alpha value is -3.07. The first kappa shape index (κ1) is 22.0. The molecule has 2 aromatic rings. The van der Waals surface area contributed by atoms with Crippen molar-refractivity contribution in [2.24, 2.45) is 5.73 Å². The number of benzene rings is 1. The molecule has 1 aromatic heterocycles. The molecule has 0 spiro atoms. The number of unbranched alkanes of at least 4 members (excludes halogenated alkanes) is 1. The van der Waals surface area contributed by atoms with Crippen molar-refractivity contribution in [1.29, 1.82) is 0 Å². The molecule has 148 valence electrons. The minimum absolute atomic E-state index is 0.197. The van der Waals surface area contributed by atoms with Crippen molar-refractivity contribution < 1.29 is 29.3 Å². The number of carboxylic acid groups (broad SMARTS) is 2. The van der Waals surface area contributed by atoms with Gasteiger partial charge in [0.25, 0.3) is 0 Å². The number of nitrogens with one attached hydrogen (secondary N) is 2. The number of amides is 1. The Kier molecular flexibility index (Phi) is 9.38. The zero-order valence-corrected chi connectivity index (χ0v) is 15.1. The molecule has 0 saturated carbocycles. The van der Waals surface area contributed by atoms with Gasteiger partial charge in [-0.05, 0) is 18.1 Å². The summed E-state index contributed by atoms with van der Waals surface area (Å²) in [6.45, 7) is 2.00. The highest BCUT2D eigenvalue weighted by molar-refractivity contribution is 5.85. The molecule has 1 unspecified atom stereocenters. The van der Waals surface area contributed by atoms with Crippen LogP contribution < -0.4 is 11.1 Å². The summed E-state index contributed by atoms with van der Waals surface area (Å²) in [6, 6.07) is 6.61. The van der Waals surface area contributed by atoms with Gasteiger partial charge >= 0.3 is 18.0 Å². The molecule has 27 heavy (non-hydrogen) atoms. The molecule has 6 N–H and O–H groups in total. The number of nitrogens with two attached hydrogens (primary N) is 1. The van der Waals surface area contributed by atoms with E-state index in [1.54, 1.807) is 6.20 Å². The van der Waals surface area contributed by atoms with Gasteiger partial charge in [-0.25, -0.2) is 9.59 Å². The van der Waals surface area contributed by atoms with E-state index in [9.17, 15) is 19.5 Å². The highest BCUT2D eigenvalue weighted by atomic mass is 16.5. The minimum atomic E-state index is -1.09. The summed E-state index contributed by atoms with van der Waals surface area (Å²) in [7, 11) is 0. The standard InChI is InChI=1S/C16H20N2O4.C2H5NO2/c1-2-3-8-22-16(21)18-14(15(19)20)9-11-10-17-13-7-5-4-6-12(11)13;3-1-2(4)5/h4-7,10,14,17H,2-3,8-9H2,1H3,(H,18,21)(H,19,20);1,3H2,(H,4,5). The van der Waals surface area contributed by atoms with Crippen LogP contribution in [0.15, 0.2) is 30.5 Å². The molecular formula is C18H25N3O6. The SMILES string of the molecule is CCCCOC(=O)NC(Cc1c[nH]c2ccccc12)C(=O)O.NCC(=O)O. The third-order valence-corrected chi connectivity index (χ3v) is 3.59. The van der Waals surface area contributed by atoms with Gasteiger partial charge in [0.15, 0.2) is 0 Å². The van der Waals surface area contributed by atoms with E-state index in [0.29, 0.717) is 6.61 Å². The third kappa shape index (κ3) is 7.78. The van der Waals surface area contributed by atoms with Crippen molar-refractivity contribution in [1.82, 2.24) is 10.3 Å². The number of hydrogen-bond donors (Lipinski definition) is 5. The van der Waals surface area contributed by atoms with Gasteiger partial charge in [0.1, 0.15) is 6.04 Å². The zero-order chi connectivity index (χ0) is 20.2. The lowest BCUT2D eigenvalue weighted by Crippen LogP contribution is -2.42. The second kappa shape index (κ2) is 11.5. The highest BCUT2D eigenvalue weighted by Gasteiger charge is 2.22. The Morgan fingerprint density at radius 3 is 2.52 bits per heavy atom. The van der Waals surface area contributed by atoms with Crippen LogP contribution in [0, 0.1) is 0 Å². The van der Waals surface area contributed by atoms with Gasteiger partial charge in [-0.3, -0.25) is 4.79 Å². The number of H-pyrrole nitrogens is 1. The molecule has 1 atom stereocenters. The topological polar surface area (TPSA) is 155 Å². The van der Waals surface area contributed by atoms with Crippen LogP contribution in [0.5, 0.6) is 0 Å². The van der Waals surface area contributed by atoms with Crippen LogP contribution in [0.1, 0.15) is 25.3 Å². The summed E-state index contributed by atoms with van der Waals surface area (Å²) < 4.78 is 4.95. The van der Waals surface area contributed by atoms with Crippen molar-refractivity contribution in [3.05, 3.63) is 36.0 Å². The Morgan fingerprint density at radius 2 is 1.93 bits per heavy atom. The number of hydrogen-bond acceptors (Lipinski definition) is 5. The first-order valence-corrected chi connectivity index (χ1v) is 8.52. The summed E-state index contributed by atoms with van der Waals surface area (Å²) in [6.07, 6.45) is 2.94. The number of para-hydroxylation sites is 1. The van der Waals surface area contributed by atoms with Gasteiger partial charge in [-0.15, -0.1) is 0 Å². The van der Waals surface area contributed by atoms with E-state index in [4.69, 9.17) is 9.84 Å². The summed E-state index contributed by atoms with van der Waals surface area (Å²) in [4.78, 5) is 35.3. The van der Waals surface area contributed by atoms with Crippen LogP contribution in [-0.2, 0) is 20.7 Å². The number of carbonyl (C=O) groups excluding carboxylic acids is 1. The Balaban J connectivity index is 0.000000646. The number of ether oxygens (including phenoxy) is 1. The summed E-state index contributed by atoms with van der Waals surface area (Å²) in [5.41, 5.74) is 6.35. The van der Waals surface area contributed by atoms with E-state index >= 15 is 0 Å². The number of alkyl carbamates (subject to hydrolysis) is 1. The first-order chi connectivity index (χ1) is 12.9. The molecule has 0 saturated heterocycles. The predicted molar refractivity (Wildman–Crippen MR) is 99.5 cm³/mol. The number of aromatic nitrogens is 1. The Morgan fingerprint density at radius 1 is 1.26 bits per heavy atom. The van der Waals surface area contributed by atoms with E-state index in [-0.39, 0.29) is 13.0 Å². The van der Waals surface area contributed by atoms with E-state index in [1.807, 2.05) is 31.2 Å². The summed E-state index contributed by atoms with van der Waals surface area (Å²) >= 11 is 0.